The van der Waals surface area contributed by atoms with Crippen LogP contribution in [0.2, 0.25) is 5.02 Å². The highest BCUT2D eigenvalue weighted by Gasteiger charge is 2.47. The van der Waals surface area contributed by atoms with Crippen LogP contribution in [0.3, 0.4) is 0 Å². The van der Waals surface area contributed by atoms with Crippen LogP contribution in [0, 0.1) is 0 Å². The number of alkyl halides is 6. The van der Waals surface area contributed by atoms with Crippen molar-refractivity contribution in [1.82, 2.24) is 15.1 Å². The van der Waals surface area contributed by atoms with Gasteiger partial charge < -0.3 is 10.2 Å². The van der Waals surface area contributed by atoms with Crippen LogP contribution in [0.15, 0.2) is 83.8 Å². The number of nitrogens with zero attached hydrogens (tertiary/aromatic N) is 3. The molecule has 1 fully saturated rings. The summed E-state index contributed by atoms with van der Waals surface area (Å²) in [5.74, 6) is -0.624. The minimum atomic E-state index is -5.68. The number of carbonyl (C=O) groups excluding carboxylic acids is 1. The number of para-hydroxylation sites is 1. The van der Waals surface area contributed by atoms with Crippen molar-refractivity contribution in [2.45, 2.75) is 35.5 Å². The van der Waals surface area contributed by atoms with Crippen molar-refractivity contribution in [1.29, 1.82) is 0 Å². The molecule has 0 bridgehead atoms. The van der Waals surface area contributed by atoms with Crippen molar-refractivity contribution in [3.63, 3.8) is 0 Å². The Bertz CT molecular complexity index is 1780. The summed E-state index contributed by atoms with van der Waals surface area (Å²) in [5, 5.41) is 7.01. The van der Waals surface area contributed by atoms with E-state index in [1.807, 2.05) is 0 Å². The number of benzene rings is 3. The lowest BCUT2D eigenvalue weighted by molar-refractivity contribution is -0.141. The first-order chi connectivity index (χ1) is 20.7. The molecule has 1 amide bonds. The van der Waals surface area contributed by atoms with Gasteiger partial charge in [0.05, 0.1) is 21.3 Å². The molecule has 1 saturated heterocycles. The first kappa shape index (κ1) is 31.5. The number of sulfone groups is 1. The van der Waals surface area contributed by atoms with E-state index in [9.17, 15) is 39.6 Å². The molecule has 1 aromatic heterocycles. The van der Waals surface area contributed by atoms with E-state index >= 15 is 0 Å². The number of hydrogen-bond donors (Lipinski definition) is 1. The number of carbonyl (C=O) groups is 1. The summed E-state index contributed by atoms with van der Waals surface area (Å²) in [6.07, 6.45) is -3.87. The minimum Gasteiger partial charge on any atom is -0.317 e. The number of rotatable bonds is 6. The van der Waals surface area contributed by atoms with Crippen molar-refractivity contribution in [3.05, 3.63) is 95.1 Å². The summed E-state index contributed by atoms with van der Waals surface area (Å²) in [5.41, 5.74) is -6.13. The topological polar surface area (TPSA) is 84.3 Å². The molecule has 0 unspecified atom stereocenters. The second-order valence-electron chi connectivity index (χ2n) is 9.96. The van der Waals surface area contributed by atoms with Crippen LogP contribution in [-0.2, 0) is 16.0 Å². The fourth-order valence-electron chi connectivity index (χ4n) is 4.95. The Hall–Kier alpha value is -3.88. The number of piperidine rings is 1. The fraction of sp³-hybridized carbons (Fsp3) is 0.241. The van der Waals surface area contributed by atoms with Crippen LogP contribution in [0.4, 0.5) is 32.0 Å². The number of halogens is 7. The molecule has 0 aliphatic carbocycles. The van der Waals surface area contributed by atoms with Crippen LogP contribution in [0.5, 0.6) is 0 Å². The van der Waals surface area contributed by atoms with E-state index in [0.29, 0.717) is 25.9 Å². The lowest BCUT2D eigenvalue weighted by Gasteiger charge is -2.35. The van der Waals surface area contributed by atoms with Gasteiger partial charge in [0.15, 0.2) is 5.69 Å². The van der Waals surface area contributed by atoms with E-state index in [1.54, 1.807) is 12.1 Å². The molecule has 44 heavy (non-hydrogen) atoms. The zero-order chi connectivity index (χ0) is 31.9. The highest BCUT2D eigenvalue weighted by molar-refractivity contribution is 7.92. The second kappa shape index (κ2) is 11.9. The molecule has 2 heterocycles. The van der Waals surface area contributed by atoms with Gasteiger partial charge >= 0.3 is 11.7 Å². The van der Waals surface area contributed by atoms with Gasteiger partial charge in [0.1, 0.15) is 0 Å². The van der Waals surface area contributed by atoms with Gasteiger partial charge in [-0.25, -0.2) is 13.1 Å². The average Bonchev–Trinajstić information content (AvgIpc) is 3.44. The number of anilines is 1. The summed E-state index contributed by atoms with van der Waals surface area (Å²) < 4.78 is 106. The summed E-state index contributed by atoms with van der Waals surface area (Å²) in [6.45, 7) is 1.03. The number of hydrogen-bond acceptors (Lipinski definition) is 5. The van der Waals surface area contributed by atoms with Gasteiger partial charge in [0, 0.05) is 22.9 Å². The predicted molar refractivity (Wildman–Crippen MR) is 151 cm³/mol. The van der Waals surface area contributed by atoms with Crippen LogP contribution < -0.4 is 10.2 Å². The fourth-order valence-corrected chi connectivity index (χ4v) is 5.96. The third-order valence-corrected chi connectivity index (χ3v) is 8.92. The zero-order valence-electron chi connectivity index (χ0n) is 22.5. The smallest absolute Gasteiger partial charge is 0.317 e. The molecule has 1 N–H and O–H groups in total. The quantitative estimate of drug-likeness (QED) is 0.228. The molecule has 0 saturated carbocycles. The predicted octanol–water partition coefficient (Wildman–Crippen LogP) is 6.90. The molecule has 0 spiro atoms. The monoisotopic (exact) mass is 656 g/mol. The second-order valence-corrected chi connectivity index (χ2v) is 12.3. The maximum Gasteiger partial charge on any atom is 0.501 e. The van der Waals surface area contributed by atoms with Gasteiger partial charge in [-0.05, 0) is 74.5 Å². The van der Waals surface area contributed by atoms with E-state index in [-0.39, 0.29) is 33.2 Å². The number of aromatic nitrogens is 2. The Morgan fingerprint density at radius 1 is 0.909 bits per heavy atom. The van der Waals surface area contributed by atoms with Crippen LogP contribution in [0.25, 0.3) is 16.9 Å². The Morgan fingerprint density at radius 3 is 2.18 bits per heavy atom. The standard InChI is InChI=1S/C29H23ClF6N4O3S/c30-23-6-1-2-7-24(23)40-25(17-26(38-40)28(31,32)33)18-8-10-19(11-9-18)27(41)39(20-12-14-37-15-13-20)21-4-3-5-22(16-21)44(42,43)29(34,35)36/h1-11,16-17,20,37H,12-15H2. The van der Waals surface area contributed by atoms with Gasteiger partial charge in [-0.1, -0.05) is 41.9 Å². The molecule has 3 aromatic carbocycles. The van der Waals surface area contributed by atoms with E-state index < -0.39 is 44.1 Å². The molecule has 1 aliphatic heterocycles. The van der Waals surface area contributed by atoms with Crippen molar-refractivity contribution < 1.29 is 39.6 Å². The van der Waals surface area contributed by atoms with Gasteiger partial charge in [0.25, 0.3) is 15.7 Å². The average molecular weight is 657 g/mol. The lowest BCUT2D eigenvalue weighted by atomic mass is 10.0. The van der Waals surface area contributed by atoms with Crippen molar-refractivity contribution in [2.75, 3.05) is 18.0 Å². The largest absolute Gasteiger partial charge is 0.501 e. The summed E-state index contributed by atoms with van der Waals surface area (Å²) in [6, 6.07) is 16.3. The Morgan fingerprint density at radius 2 is 1.57 bits per heavy atom. The third-order valence-electron chi connectivity index (χ3n) is 7.11. The van der Waals surface area contributed by atoms with Crippen molar-refractivity contribution in [2.24, 2.45) is 0 Å². The van der Waals surface area contributed by atoms with Gasteiger partial charge in [-0.3, -0.25) is 4.79 Å². The molecule has 7 nitrogen and oxygen atoms in total. The summed E-state index contributed by atoms with van der Waals surface area (Å²) in [4.78, 5) is 14.1. The molecular weight excluding hydrogens is 634 g/mol. The molecule has 232 valence electrons. The normalized spacial score (nSPS) is 14.9. The SMILES string of the molecule is O=C(c1ccc(-c2cc(C(F)(F)F)nn2-c2ccccc2Cl)cc1)N(c1cccc(S(=O)(=O)C(F)(F)F)c1)C1CCNCC1. The highest BCUT2D eigenvalue weighted by Crippen LogP contribution is 2.36. The van der Waals surface area contributed by atoms with Crippen LogP contribution in [-0.4, -0.2) is 48.7 Å². The highest BCUT2D eigenvalue weighted by atomic mass is 35.5. The lowest BCUT2D eigenvalue weighted by Crippen LogP contribution is -2.46. The first-order valence-electron chi connectivity index (χ1n) is 13.2. The van der Waals surface area contributed by atoms with E-state index in [1.165, 1.54) is 47.4 Å². The Labute approximate surface area is 253 Å². The molecule has 0 radical (unpaired) electrons. The Kier molecular flexibility index (Phi) is 8.53. The molecule has 5 rings (SSSR count). The zero-order valence-corrected chi connectivity index (χ0v) is 24.1. The first-order valence-corrected chi connectivity index (χ1v) is 15.0. The molecule has 1 aliphatic rings. The van der Waals surface area contributed by atoms with Gasteiger partial charge in [0.2, 0.25) is 0 Å². The maximum atomic E-state index is 13.9. The third kappa shape index (κ3) is 6.19. The number of amides is 1. The summed E-state index contributed by atoms with van der Waals surface area (Å²) >= 11 is 6.24. The molecule has 0 atom stereocenters. The maximum absolute atomic E-state index is 13.9. The molecule has 15 heteroatoms. The minimum absolute atomic E-state index is 0.0390. The number of nitrogens with one attached hydrogen (secondary N) is 1. The van der Waals surface area contributed by atoms with E-state index in [4.69, 9.17) is 11.6 Å². The van der Waals surface area contributed by atoms with E-state index in [2.05, 4.69) is 10.4 Å². The molecule has 4 aromatic rings. The van der Waals surface area contributed by atoms with E-state index in [0.717, 1.165) is 28.9 Å². The Balaban J connectivity index is 1.54. The summed E-state index contributed by atoms with van der Waals surface area (Å²) in [7, 11) is -5.68. The van der Waals surface area contributed by atoms with Crippen molar-refractivity contribution in [3.8, 4) is 16.9 Å². The van der Waals surface area contributed by atoms with Crippen LogP contribution >= 0.6 is 11.6 Å². The van der Waals surface area contributed by atoms with Gasteiger partial charge in [-0.15, -0.1) is 0 Å². The molecular formula is C29H23ClF6N4O3S. The van der Waals surface area contributed by atoms with Crippen LogP contribution in [0.1, 0.15) is 28.9 Å². The van der Waals surface area contributed by atoms with Crippen molar-refractivity contribution >= 4 is 33.0 Å². The van der Waals surface area contributed by atoms with Gasteiger partial charge in [-0.2, -0.15) is 31.4 Å².